The van der Waals surface area contributed by atoms with Gasteiger partial charge >= 0.3 is 0 Å². The van der Waals surface area contributed by atoms with Gasteiger partial charge in [-0.1, -0.05) is 0 Å². The van der Waals surface area contributed by atoms with Crippen LogP contribution in [-0.2, 0) is 0 Å². The minimum absolute atomic E-state index is 0.559. The first-order valence-electron chi connectivity index (χ1n) is 5.89. The number of aromatic nitrogens is 3. The third-order valence-electron chi connectivity index (χ3n) is 2.75. The Balaban J connectivity index is 1.77. The van der Waals surface area contributed by atoms with Gasteiger partial charge in [-0.2, -0.15) is 0 Å². The molecule has 1 aromatic carbocycles. The van der Waals surface area contributed by atoms with Crippen molar-refractivity contribution in [3.8, 4) is 11.1 Å². The van der Waals surface area contributed by atoms with E-state index in [9.17, 15) is 0 Å². The van der Waals surface area contributed by atoms with Crippen LogP contribution in [0.4, 0.5) is 17.3 Å². The fourth-order valence-corrected chi connectivity index (χ4v) is 1.74. The van der Waals surface area contributed by atoms with Crippen LogP contribution in [-0.4, -0.2) is 15.0 Å². The van der Waals surface area contributed by atoms with Gasteiger partial charge in [-0.05, 0) is 30.3 Å². The zero-order chi connectivity index (χ0) is 13.1. The van der Waals surface area contributed by atoms with E-state index in [-0.39, 0.29) is 0 Å². The summed E-state index contributed by atoms with van der Waals surface area (Å²) in [4.78, 5) is 11.6. The molecule has 0 aliphatic rings. The van der Waals surface area contributed by atoms with Crippen molar-refractivity contribution in [1.29, 1.82) is 0 Å². The van der Waals surface area contributed by atoms with Crippen molar-refractivity contribution < 1.29 is 0 Å². The highest BCUT2D eigenvalue weighted by atomic mass is 15.1. The third kappa shape index (κ3) is 2.55. The molecule has 2 aromatic heterocycles. The Morgan fingerprint density at radius 2 is 1.68 bits per heavy atom. The first-order valence-corrected chi connectivity index (χ1v) is 5.89. The van der Waals surface area contributed by atoms with Crippen molar-refractivity contribution in [3.63, 3.8) is 0 Å². The van der Waals surface area contributed by atoms with E-state index in [0.717, 1.165) is 22.5 Å². The van der Waals surface area contributed by atoms with E-state index in [4.69, 9.17) is 5.73 Å². The molecule has 0 amide bonds. The van der Waals surface area contributed by atoms with E-state index in [2.05, 4.69) is 20.3 Å². The van der Waals surface area contributed by atoms with Crippen LogP contribution in [0.3, 0.4) is 0 Å². The fraction of sp³-hybridized carbons (Fsp3) is 0. The van der Waals surface area contributed by atoms with Gasteiger partial charge in [0.25, 0.3) is 0 Å². The maximum Gasteiger partial charge on any atom is 0.227 e. The molecule has 0 radical (unpaired) electrons. The van der Waals surface area contributed by atoms with E-state index < -0.39 is 0 Å². The van der Waals surface area contributed by atoms with E-state index >= 15 is 0 Å². The van der Waals surface area contributed by atoms with Crippen molar-refractivity contribution in [2.75, 3.05) is 11.1 Å². The maximum absolute atomic E-state index is 5.63. The van der Waals surface area contributed by atoms with Crippen LogP contribution in [0.25, 0.3) is 11.1 Å². The molecule has 4 N–H and O–H groups in total. The molecule has 0 saturated carbocycles. The average molecular weight is 251 g/mol. The van der Waals surface area contributed by atoms with Crippen LogP contribution >= 0.6 is 0 Å². The Hall–Kier alpha value is -2.82. The number of nitrogens with zero attached hydrogens (tertiary/aromatic N) is 2. The minimum Gasteiger partial charge on any atom is -0.399 e. The lowest BCUT2D eigenvalue weighted by atomic mass is 10.2. The molecule has 3 rings (SSSR count). The molecule has 0 spiro atoms. The standard InChI is InChI=1S/C14H13N5/c15-12-1-3-13(4-2-12)19-14-17-8-11(9-18-14)10-5-6-16-7-10/h1-9,16H,15H2,(H,17,18,19). The number of nitrogens with two attached hydrogens (primary N) is 1. The van der Waals surface area contributed by atoms with Gasteiger partial charge in [0.2, 0.25) is 5.95 Å². The van der Waals surface area contributed by atoms with Crippen LogP contribution < -0.4 is 11.1 Å². The van der Waals surface area contributed by atoms with Gasteiger partial charge in [0.05, 0.1) is 0 Å². The van der Waals surface area contributed by atoms with E-state index in [0.29, 0.717) is 5.95 Å². The largest absolute Gasteiger partial charge is 0.399 e. The minimum atomic E-state index is 0.559. The Labute approximate surface area is 110 Å². The first-order chi connectivity index (χ1) is 9.31. The second-order valence-electron chi connectivity index (χ2n) is 4.14. The Bertz CT molecular complexity index is 641. The van der Waals surface area contributed by atoms with Gasteiger partial charge in [-0.25, -0.2) is 9.97 Å². The summed E-state index contributed by atoms with van der Waals surface area (Å²) in [6.07, 6.45) is 7.35. The lowest BCUT2D eigenvalue weighted by molar-refractivity contribution is 1.17. The smallest absolute Gasteiger partial charge is 0.227 e. The molecule has 0 fully saturated rings. The van der Waals surface area contributed by atoms with E-state index in [1.54, 1.807) is 12.4 Å². The van der Waals surface area contributed by atoms with Gasteiger partial charge in [-0.15, -0.1) is 0 Å². The molecular weight excluding hydrogens is 238 g/mol. The second-order valence-corrected chi connectivity index (χ2v) is 4.14. The number of nitrogen functional groups attached to an aromatic ring is 1. The molecule has 3 aromatic rings. The molecule has 19 heavy (non-hydrogen) atoms. The third-order valence-corrected chi connectivity index (χ3v) is 2.75. The van der Waals surface area contributed by atoms with Crippen molar-refractivity contribution in [2.45, 2.75) is 0 Å². The number of benzene rings is 1. The van der Waals surface area contributed by atoms with Gasteiger partial charge in [0.15, 0.2) is 0 Å². The number of nitrogens with one attached hydrogen (secondary N) is 2. The van der Waals surface area contributed by atoms with Crippen LogP contribution in [0.15, 0.2) is 55.1 Å². The highest BCUT2D eigenvalue weighted by Crippen LogP contribution is 2.19. The zero-order valence-electron chi connectivity index (χ0n) is 10.2. The summed E-state index contributed by atoms with van der Waals surface area (Å²) in [5.74, 6) is 0.559. The molecule has 0 aliphatic heterocycles. The monoisotopic (exact) mass is 251 g/mol. The molecule has 0 unspecified atom stereocenters. The van der Waals surface area contributed by atoms with Crippen LogP contribution in [0.1, 0.15) is 0 Å². The zero-order valence-corrected chi connectivity index (χ0v) is 10.2. The summed E-state index contributed by atoms with van der Waals surface area (Å²) in [5, 5.41) is 3.12. The Morgan fingerprint density at radius 1 is 0.947 bits per heavy atom. The number of hydrogen-bond acceptors (Lipinski definition) is 4. The number of aromatic amines is 1. The number of rotatable bonds is 3. The van der Waals surface area contributed by atoms with E-state index in [1.807, 2.05) is 42.7 Å². The summed E-state index contributed by atoms with van der Waals surface area (Å²) in [6.45, 7) is 0. The van der Waals surface area contributed by atoms with Crippen LogP contribution in [0, 0.1) is 0 Å². The molecule has 0 atom stereocenters. The molecule has 0 aliphatic carbocycles. The summed E-state index contributed by atoms with van der Waals surface area (Å²) in [6, 6.07) is 9.41. The van der Waals surface area contributed by atoms with Gasteiger partial charge in [-0.3, -0.25) is 0 Å². The van der Waals surface area contributed by atoms with Gasteiger partial charge < -0.3 is 16.0 Å². The van der Waals surface area contributed by atoms with Crippen molar-refractivity contribution >= 4 is 17.3 Å². The Morgan fingerprint density at radius 3 is 2.32 bits per heavy atom. The topological polar surface area (TPSA) is 79.6 Å². The summed E-state index contributed by atoms with van der Waals surface area (Å²) in [5.41, 5.74) is 9.31. The normalized spacial score (nSPS) is 10.3. The molecule has 2 heterocycles. The molecule has 0 bridgehead atoms. The molecule has 0 saturated heterocycles. The highest BCUT2D eigenvalue weighted by Gasteiger charge is 2.01. The molecule has 94 valence electrons. The first kappa shape index (κ1) is 11.3. The number of hydrogen-bond donors (Lipinski definition) is 3. The lowest BCUT2D eigenvalue weighted by Gasteiger charge is -2.05. The fourth-order valence-electron chi connectivity index (χ4n) is 1.74. The molecular formula is C14H13N5. The molecule has 5 heteroatoms. The average Bonchev–Trinajstić information content (AvgIpc) is 2.96. The van der Waals surface area contributed by atoms with Crippen molar-refractivity contribution in [1.82, 2.24) is 15.0 Å². The quantitative estimate of drug-likeness (QED) is 0.625. The summed E-state index contributed by atoms with van der Waals surface area (Å²) in [7, 11) is 0. The van der Waals surface area contributed by atoms with Gasteiger partial charge in [0.1, 0.15) is 0 Å². The highest BCUT2D eigenvalue weighted by molar-refractivity contribution is 5.62. The summed E-state index contributed by atoms with van der Waals surface area (Å²) < 4.78 is 0. The maximum atomic E-state index is 5.63. The molecule has 5 nitrogen and oxygen atoms in total. The van der Waals surface area contributed by atoms with Crippen molar-refractivity contribution in [2.24, 2.45) is 0 Å². The Kier molecular flexibility index (Phi) is 2.86. The van der Waals surface area contributed by atoms with Crippen LogP contribution in [0.2, 0.25) is 0 Å². The lowest BCUT2D eigenvalue weighted by Crippen LogP contribution is -1.96. The summed E-state index contributed by atoms with van der Waals surface area (Å²) >= 11 is 0. The predicted molar refractivity (Wildman–Crippen MR) is 76.0 cm³/mol. The second kappa shape index (κ2) is 4.81. The predicted octanol–water partition coefficient (Wildman–Crippen LogP) is 2.80. The van der Waals surface area contributed by atoms with Gasteiger partial charge in [0, 0.05) is 47.3 Å². The SMILES string of the molecule is Nc1ccc(Nc2ncc(-c3cc[nH]c3)cn2)cc1. The number of H-pyrrole nitrogens is 1. The number of anilines is 3. The van der Waals surface area contributed by atoms with Crippen molar-refractivity contribution in [3.05, 3.63) is 55.1 Å². The van der Waals surface area contributed by atoms with E-state index in [1.165, 1.54) is 0 Å². The van der Waals surface area contributed by atoms with Crippen LogP contribution in [0.5, 0.6) is 0 Å².